The zero-order valence-electron chi connectivity index (χ0n) is 11.5. The lowest BCUT2D eigenvalue weighted by Gasteiger charge is -2.35. The number of rotatable bonds is 4. The summed E-state index contributed by atoms with van der Waals surface area (Å²) in [5, 5.41) is 1.91. The number of nitrogens with zero attached hydrogens (tertiary/aromatic N) is 2. The van der Waals surface area contributed by atoms with E-state index in [1.165, 1.54) is 30.6 Å². The average molecular weight is 292 g/mol. The molecule has 5 nitrogen and oxygen atoms in total. The third-order valence-corrected chi connectivity index (χ3v) is 4.87. The molecule has 2 aromatic heterocycles. The third-order valence-electron chi connectivity index (χ3n) is 3.97. The number of aromatic amines is 1. The molecule has 1 aliphatic rings. The molecule has 0 saturated carbocycles. The molecule has 1 aliphatic heterocycles. The van der Waals surface area contributed by atoms with Crippen LogP contribution in [0.1, 0.15) is 31.5 Å². The van der Waals surface area contributed by atoms with E-state index in [4.69, 9.17) is 5.73 Å². The fraction of sp³-hybridized carbons (Fsp3) is 0.571. The summed E-state index contributed by atoms with van der Waals surface area (Å²) in [5.74, 6) is 0.768. The lowest BCUT2D eigenvalue weighted by atomic mass is 9.99. The first-order valence-electron chi connectivity index (χ1n) is 7.18. The second-order valence-corrected chi connectivity index (χ2v) is 6.26. The van der Waals surface area contributed by atoms with Crippen molar-refractivity contribution in [1.82, 2.24) is 14.9 Å². The second kappa shape index (κ2) is 6.03. The van der Waals surface area contributed by atoms with Gasteiger partial charge in [-0.25, -0.2) is 4.98 Å². The zero-order chi connectivity index (χ0) is 13.9. The van der Waals surface area contributed by atoms with Crippen molar-refractivity contribution >= 4 is 21.6 Å². The first-order chi connectivity index (χ1) is 9.78. The number of thiophene rings is 1. The first-order valence-corrected chi connectivity index (χ1v) is 8.06. The first kappa shape index (κ1) is 13.7. The van der Waals surface area contributed by atoms with Gasteiger partial charge >= 0.3 is 0 Å². The smallest absolute Gasteiger partial charge is 0.268 e. The van der Waals surface area contributed by atoms with E-state index in [0.717, 1.165) is 24.3 Å². The number of nitrogens with two attached hydrogens (primary N) is 1. The van der Waals surface area contributed by atoms with E-state index in [1.54, 1.807) is 0 Å². The number of fused-ring (bicyclic) bond motifs is 1. The molecule has 2 aromatic rings. The van der Waals surface area contributed by atoms with Crippen LogP contribution in [0, 0.1) is 0 Å². The van der Waals surface area contributed by atoms with Gasteiger partial charge in [-0.15, -0.1) is 11.3 Å². The molecule has 0 aromatic carbocycles. The monoisotopic (exact) mass is 292 g/mol. The highest BCUT2D eigenvalue weighted by Crippen LogP contribution is 2.21. The highest BCUT2D eigenvalue weighted by Gasteiger charge is 2.22. The van der Waals surface area contributed by atoms with Crippen molar-refractivity contribution in [3.63, 3.8) is 0 Å². The summed E-state index contributed by atoms with van der Waals surface area (Å²) in [6.45, 7) is 2.50. The van der Waals surface area contributed by atoms with Gasteiger partial charge in [-0.1, -0.05) is 6.42 Å². The van der Waals surface area contributed by atoms with E-state index in [0.29, 0.717) is 23.8 Å². The SMILES string of the molecule is NCCC1CCCCN1Cc1nc2ccsc2c(=O)[nH]1. The Morgan fingerprint density at radius 2 is 2.40 bits per heavy atom. The molecule has 1 saturated heterocycles. The van der Waals surface area contributed by atoms with E-state index >= 15 is 0 Å². The largest absolute Gasteiger partial charge is 0.330 e. The molecule has 3 heterocycles. The summed E-state index contributed by atoms with van der Waals surface area (Å²) in [7, 11) is 0. The number of nitrogens with one attached hydrogen (secondary N) is 1. The maximum absolute atomic E-state index is 12.0. The molecule has 1 fully saturated rings. The van der Waals surface area contributed by atoms with Crippen LogP contribution >= 0.6 is 11.3 Å². The normalized spacial score (nSPS) is 20.6. The Hall–Kier alpha value is -1.24. The predicted octanol–water partition coefficient (Wildman–Crippen LogP) is 1.69. The second-order valence-electron chi connectivity index (χ2n) is 5.35. The fourth-order valence-corrected chi connectivity index (χ4v) is 3.70. The molecular formula is C14H20N4OS. The molecular weight excluding hydrogens is 272 g/mol. The van der Waals surface area contributed by atoms with Gasteiger partial charge in [0, 0.05) is 6.04 Å². The van der Waals surface area contributed by atoms with Crippen molar-refractivity contribution in [2.45, 2.75) is 38.3 Å². The molecule has 0 aliphatic carbocycles. The summed E-state index contributed by atoms with van der Waals surface area (Å²) in [6, 6.07) is 2.43. The molecule has 20 heavy (non-hydrogen) atoms. The highest BCUT2D eigenvalue weighted by atomic mass is 32.1. The van der Waals surface area contributed by atoms with Crippen LogP contribution in [-0.2, 0) is 6.54 Å². The number of hydrogen-bond donors (Lipinski definition) is 2. The summed E-state index contributed by atoms with van der Waals surface area (Å²) < 4.78 is 0.714. The Labute approximate surface area is 121 Å². The van der Waals surface area contributed by atoms with Crippen molar-refractivity contribution < 1.29 is 0 Å². The van der Waals surface area contributed by atoms with Crippen molar-refractivity contribution in [2.24, 2.45) is 5.73 Å². The Bertz CT molecular complexity index is 633. The standard InChI is InChI=1S/C14H20N4OS/c15-6-4-10-3-1-2-7-18(10)9-12-16-11-5-8-20-13(11)14(19)17-12/h5,8,10H,1-4,6-7,9,15H2,(H,16,17,19). The van der Waals surface area contributed by atoms with E-state index in [9.17, 15) is 4.79 Å². The topological polar surface area (TPSA) is 75.0 Å². The Morgan fingerprint density at radius 1 is 1.50 bits per heavy atom. The van der Waals surface area contributed by atoms with Gasteiger partial charge in [-0.3, -0.25) is 9.69 Å². The summed E-state index contributed by atoms with van der Waals surface area (Å²) in [4.78, 5) is 21.9. The van der Waals surface area contributed by atoms with Gasteiger partial charge in [-0.2, -0.15) is 0 Å². The Balaban J connectivity index is 1.82. The Morgan fingerprint density at radius 3 is 3.25 bits per heavy atom. The number of hydrogen-bond acceptors (Lipinski definition) is 5. The number of piperidine rings is 1. The molecule has 1 unspecified atom stereocenters. The molecule has 0 amide bonds. The van der Waals surface area contributed by atoms with Gasteiger partial charge in [0.05, 0.1) is 12.1 Å². The van der Waals surface area contributed by atoms with Crippen LogP contribution in [0.4, 0.5) is 0 Å². The van der Waals surface area contributed by atoms with Crippen LogP contribution in [-0.4, -0.2) is 34.0 Å². The van der Waals surface area contributed by atoms with Crippen LogP contribution in [0.3, 0.4) is 0 Å². The van der Waals surface area contributed by atoms with Crippen LogP contribution in [0.2, 0.25) is 0 Å². The van der Waals surface area contributed by atoms with Crippen LogP contribution in [0.5, 0.6) is 0 Å². The van der Waals surface area contributed by atoms with Crippen molar-refractivity contribution in [3.8, 4) is 0 Å². The van der Waals surface area contributed by atoms with Gasteiger partial charge in [0.1, 0.15) is 10.5 Å². The van der Waals surface area contributed by atoms with E-state index in [-0.39, 0.29) is 5.56 Å². The summed E-state index contributed by atoms with van der Waals surface area (Å²) >= 11 is 1.44. The lowest BCUT2D eigenvalue weighted by molar-refractivity contribution is 0.130. The van der Waals surface area contributed by atoms with E-state index in [2.05, 4.69) is 14.9 Å². The third kappa shape index (κ3) is 2.77. The van der Waals surface area contributed by atoms with Crippen LogP contribution in [0.15, 0.2) is 16.2 Å². The summed E-state index contributed by atoms with van der Waals surface area (Å²) in [5.41, 5.74) is 6.49. The van der Waals surface area contributed by atoms with Gasteiger partial charge in [0.2, 0.25) is 0 Å². The van der Waals surface area contributed by atoms with Crippen LogP contribution in [0.25, 0.3) is 10.2 Å². The minimum Gasteiger partial charge on any atom is -0.330 e. The van der Waals surface area contributed by atoms with E-state index in [1.807, 2.05) is 11.4 Å². The number of likely N-dealkylation sites (tertiary alicyclic amines) is 1. The zero-order valence-corrected chi connectivity index (χ0v) is 12.3. The molecule has 108 valence electrons. The fourth-order valence-electron chi connectivity index (χ4n) is 2.98. The van der Waals surface area contributed by atoms with E-state index < -0.39 is 0 Å². The quantitative estimate of drug-likeness (QED) is 0.899. The molecule has 0 bridgehead atoms. The van der Waals surface area contributed by atoms with Crippen molar-refractivity contribution in [1.29, 1.82) is 0 Å². The molecule has 1 atom stereocenters. The highest BCUT2D eigenvalue weighted by molar-refractivity contribution is 7.17. The maximum atomic E-state index is 12.0. The van der Waals surface area contributed by atoms with Gasteiger partial charge in [-0.05, 0) is 43.8 Å². The Kier molecular flexibility index (Phi) is 4.14. The molecule has 6 heteroatoms. The summed E-state index contributed by atoms with van der Waals surface area (Å²) in [6.07, 6.45) is 4.70. The number of H-pyrrole nitrogens is 1. The predicted molar refractivity (Wildman–Crippen MR) is 82.0 cm³/mol. The number of aromatic nitrogens is 2. The van der Waals surface area contributed by atoms with Crippen molar-refractivity contribution in [3.05, 3.63) is 27.6 Å². The van der Waals surface area contributed by atoms with Gasteiger partial charge in [0.25, 0.3) is 5.56 Å². The van der Waals surface area contributed by atoms with Crippen LogP contribution < -0.4 is 11.3 Å². The molecule has 3 rings (SSSR count). The van der Waals surface area contributed by atoms with Gasteiger partial charge < -0.3 is 10.7 Å². The molecule has 3 N–H and O–H groups in total. The minimum absolute atomic E-state index is 0.0209. The molecule has 0 radical (unpaired) electrons. The minimum atomic E-state index is -0.0209. The average Bonchev–Trinajstić information content (AvgIpc) is 2.90. The maximum Gasteiger partial charge on any atom is 0.268 e. The van der Waals surface area contributed by atoms with Gasteiger partial charge in [0.15, 0.2) is 0 Å². The molecule has 0 spiro atoms. The lowest BCUT2D eigenvalue weighted by Crippen LogP contribution is -2.40. The van der Waals surface area contributed by atoms with Crippen molar-refractivity contribution in [2.75, 3.05) is 13.1 Å².